The second-order valence-electron chi connectivity index (χ2n) is 9.17. The van der Waals surface area contributed by atoms with Gasteiger partial charge in [0.2, 0.25) is 5.43 Å². The van der Waals surface area contributed by atoms with Gasteiger partial charge in [-0.2, -0.15) is 0 Å². The SMILES string of the molecule is CCCCCCCCCS(=O)(=O)c1ccccc1-c1c2cc(Br)c(=O)c(Br)c-2oc2c(Br)c([O-])c(Br)cc12.[K+]. The summed E-state index contributed by atoms with van der Waals surface area (Å²) >= 11 is 13.4. The number of benzene rings is 3. The summed E-state index contributed by atoms with van der Waals surface area (Å²) in [5, 5.41) is 13.2. The molecule has 0 saturated heterocycles. The first-order chi connectivity index (χ1) is 18.1. The third-order valence-corrected chi connectivity index (χ3v) is 11.0. The van der Waals surface area contributed by atoms with Crippen LogP contribution in [0.4, 0.5) is 0 Å². The van der Waals surface area contributed by atoms with E-state index < -0.39 is 9.84 Å². The van der Waals surface area contributed by atoms with Gasteiger partial charge in [-0.05, 0) is 72.4 Å². The number of hydrogen-bond donors (Lipinski definition) is 0. The Morgan fingerprint density at radius 1 is 0.846 bits per heavy atom. The van der Waals surface area contributed by atoms with Gasteiger partial charge in [-0.15, -0.1) is 0 Å². The van der Waals surface area contributed by atoms with Crippen molar-refractivity contribution < 1.29 is 69.3 Å². The van der Waals surface area contributed by atoms with Gasteiger partial charge in [0.1, 0.15) is 10.1 Å². The average molecular weight is 832 g/mol. The van der Waals surface area contributed by atoms with E-state index in [1.54, 1.807) is 36.4 Å². The van der Waals surface area contributed by atoms with Crippen LogP contribution in [0.5, 0.6) is 5.75 Å². The summed E-state index contributed by atoms with van der Waals surface area (Å²) in [6, 6.07) is 10.1. The molecule has 1 aliphatic carbocycles. The Morgan fingerprint density at radius 2 is 1.49 bits per heavy atom. The summed E-state index contributed by atoms with van der Waals surface area (Å²) in [6.07, 6.45) is 7.14. The summed E-state index contributed by atoms with van der Waals surface area (Å²) in [4.78, 5) is 12.9. The largest absolute Gasteiger partial charge is 1.00 e. The van der Waals surface area contributed by atoms with Crippen molar-refractivity contribution in [3.63, 3.8) is 0 Å². The Balaban J connectivity index is 0.00000420. The Hall–Kier alpha value is 0.436. The minimum Gasteiger partial charge on any atom is -0.871 e. The zero-order chi connectivity index (χ0) is 27.6. The molecule has 0 amide bonds. The Labute approximate surface area is 304 Å². The molecule has 39 heavy (non-hydrogen) atoms. The summed E-state index contributed by atoms with van der Waals surface area (Å²) < 4.78 is 34.4. The number of rotatable bonds is 10. The molecule has 0 unspecified atom stereocenters. The van der Waals surface area contributed by atoms with Gasteiger partial charge in [0.05, 0.1) is 19.6 Å². The zero-order valence-corrected chi connectivity index (χ0v) is 31.9. The van der Waals surface area contributed by atoms with E-state index in [9.17, 15) is 18.3 Å². The number of sulfone groups is 1. The fraction of sp³-hybridized carbons (Fsp3) is 0.321. The van der Waals surface area contributed by atoms with E-state index in [1.807, 2.05) is 0 Å². The smallest absolute Gasteiger partial charge is 0.871 e. The molecule has 0 saturated carbocycles. The molecule has 2 aromatic rings. The number of hydrogen-bond acceptors (Lipinski definition) is 5. The molecule has 1 heterocycles. The van der Waals surface area contributed by atoms with Crippen LogP contribution in [0.3, 0.4) is 0 Å². The standard InChI is InChI=1S/C28H26Br4O5S.K/c1-2-3-4-5-6-7-10-13-38(35,36)21-12-9-8-11-16(21)22-17-14-19(29)25(33)23(31)27(17)37-28-18(22)15-20(30)26(34)24(28)32;/h8-9,11-12,14-15,33H,2-7,10,13H2,1H3;/q;+1/p-1. The minimum atomic E-state index is -3.63. The topological polar surface area (TPSA) is 87.4 Å². The number of halogens is 4. The van der Waals surface area contributed by atoms with E-state index in [0.717, 1.165) is 19.3 Å². The second kappa shape index (κ2) is 14.7. The van der Waals surface area contributed by atoms with Crippen LogP contribution in [0, 0.1) is 0 Å². The maximum atomic E-state index is 13.6. The third kappa shape index (κ3) is 7.33. The normalized spacial score (nSPS) is 11.7. The average Bonchev–Trinajstić information content (AvgIpc) is 2.89. The molecule has 0 bridgehead atoms. The van der Waals surface area contributed by atoms with Crippen LogP contribution in [0.15, 0.2) is 68.4 Å². The molecule has 2 aliphatic rings. The molecule has 0 atom stereocenters. The van der Waals surface area contributed by atoms with Gasteiger partial charge in [-0.3, -0.25) is 4.79 Å². The molecule has 0 N–H and O–H groups in total. The van der Waals surface area contributed by atoms with Crippen molar-refractivity contribution in [3.8, 4) is 28.2 Å². The molecule has 202 valence electrons. The predicted octanol–water partition coefficient (Wildman–Crippen LogP) is 6.22. The van der Waals surface area contributed by atoms with Crippen molar-refractivity contribution in [1.29, 1.82) is 0 Å². The van der Waals surface area contributed by atoms with E-state index in [2.05, 4.69) is 70.6 Å². The van der Waals surface area contributed by atoms with Gasteiger partial charge in [-0.25, -0.2) is 8.42 Å². The molecule has 4 rings (SSSR count). The summed E-state index contributed by atoms with van der Waals surface area (Å²) in [5.74, 6) is -0.0505. The second-order valence-corrected chi connectivity index (χ2v) is 14.5. The van der Waals surface area contributed by atoms with Crippen LogP contribution in [-0.4, -0.2) is 14.2 Å². The zero-order valence-electron chi connectivity index (χ0n) is 21.6. The van der Waals surface area contributed by atoms with Crippen LogP contribution < -0.4 is 61.9 Å². The first-order valence-electron chi connectivity index (χ1n) is 12.3. The molecule has 2 aromatic carbocycles. The van der Waals surface area contributed by atoms with Crippen molar-refractivity contribution in [2.75, 3.05) is 5.75 Å². The van der Waals surface area contributed by atoms with E-state index in [0.29, 0.717) is 37.4 Å². The van der Waals surface area contributed by atoms with E-state index in [4.69, 9.17) is 4.42 Å². The first kappa shape index (κ1) is 33.9. The van der Waals surface area contributed by atoms with Crippen LogP contribution >= 0.6 is 63.7 Å². The number of fused-ring (bicyclic) bond motifs is 2. The van der Waals surface area contributed by atoms with Crippen molar-refractivity contribution in [1.82, 2.24) is 0 Å². The van der Waals surface area contributed by atoms with E-state index >= 15 is 0 Å². The molecular formula is C28H25Br4KO5S. The van der Waals surface area contributed by atoms with Crippen LogP contribution in [0.2, 0.25) is 0 Å². The molecule has 0 fully saturated rings. The van der Waals surface area contributed by atoms with Crippen LogP contribution in [-0.2, 0) is 9.84 Å². The Bertz CT molecular complexity index is 1640. The fourth-order valence-electron chi connectivity index (χ4n) is 4.58. The Morgan fingerprint density at radius 3 is 2.18 bits per heavy atom. The van der Waals surface area contributed by atoms with Gasteiger partial charge in [0, 0.05) is 26.5 Å². The third-order valence-electron chi connectivity index (χ3n) is 6.51. The van der Waals surface area contributed by atoms with Gasteiger partial charge >= 0.3 is 51.4 Å². The van der Waals surface area contributed by atoms with E-state index in [-0.39, 0.29) is 93.5 Å². The van der Waals surface area contributed by atoms with Gasteiger partial charge in [-0.1, -0.05) is 85.3 Å². The van der Waals surface area contributed by atoms with Crippen molar-refractivity contribution >= 4 is 84.5 Å². The van der Waals surface area contributed by atoms with E-state index in [1.165, 1.54) is 19.3 Å². The number of unbranched alkanes of at least 4 members (excludes halogenated alkanes) is 6. The van der Waals surface area contributed by atoms with Crippen molar-refractivity contribution in [2.24, 2.45) is 0 Å². The van der Waals surface area contributed by atoms with Gasteiger partial charge in [0.25, 0.3) is 0 Å². The molecule has 0 aromatic heterocycles. The molecule has 5 nitrogen and oxygen atoms in total. The Kier molecular flexibility index (Phi) is 12.8. The van der Waals surface area contributed by atoms with Crippen molar-refractivity contribution in [2.45, 2.75) is 56.8 Å². The molecule has 1 aliphatic heterocycles. The maximum absolute atomic E-state index is 13.6. The van der Waals surface area contributed by atoms with Crippen LogP contribution in [0.25, 0.3) is 33.4 Å². The van der Waals surface area contributed by atoms with Crippen molar-refractivity contribution in [3.05, 3.63) is 64.5 Å². The molecule has 0 radical (unpaired) electrons. The first-order valence-corrected chi connectivity index (χ1v) is 17.2. The van der Waals surface area contributed by atoms with Crippen LogP contribution in [0.1, 0.15) is 51.9 Å². The van der Waals surface area contributed by atoms with Gasteiger partial charge in [0.15, 0.2) is 15.6 Å². The molecule has 0 spiro atoms. The predicted molar refractivity (Wildman–Crippen MR) is 165 cm³/mol. The molecular weight excluding hydrogens is 807 g/mol. The summed E-state index contributed by atoms with van der Waals surface area (Å²) in [7, 11) is -3.63. The summed E-state index contributed by atoms with van der Waals surface area (Å²) in [6.45, 7) is 2.17. The summed E-state index contributed by atoms with van der Waals surface area (Å²) in [5.41, 5.74) is 1.48. The fourth-order valence-corrected chi connectivity index (χ4v) is 8.58. The van der Waals surface area contributed by atoms with Gasteiger partial charge < -0.3 is 9.52 Å². The molecule has 11 heteroatoms. The quantitative estimate of drug-likeness (QED) is 0.108. The minimum absolute atomic E-state index is 0. The monoisotopic (exact) mass is 828 g/mol. The maximum Gasteiger partial charge on any atom is 1.00 e.